The molecule has 0 aliphatic heterocycles. The molecule has 2 heterocycles. The number of hydrogen-bond acceptors (Lipinski definition) is 4. The summed E-state index contributed by atoms with van der Waals surface area (Å²) in [5.41, 5.74) is 3.14. The Morgan fingerprint density at radius 1 is 1.29 bits per heavy atom. The van der Waals surface area contributed by atoms with Crippen molar-refractivity contribution in [3.05, 3.63) is 83.1 Å². The van der Waals surface area contributed by atoms with E-state index in [4.69, 9.17) is 9.15 Å². The smallest absolute Gasteiger partial charge is 0.262 e. The first-order valence-electron chi connectivity index (χ1n) is 10.3. The quantitative estimate of drug-likeness (QED) is 0.400. The predicted molar refractivity (Wildman–Crippen MR) is 119 cm³/mol. The highest BCUT2D eigenvalue weighted by atomic mass is 16.5. The largest absolute Gasteiger partial charge is 0.491 e. The van der Waals surface area contributed by atoms with Gasteiger partial charge in [-0.15, -0.1) is 0 Å². The molecule has 0 fully saturated rings. The lowest BCUT2D eigenvalue weighted by molar-refractivity contribution is -0.117. The lowest BCUT2D eigenvalue weighted by Crippen LogP contribution is -2.23. The maximum absolute atomic E-state index is 12.4. The molecule has 0 unspecified atom stereocenters. The van der Waals surface area contributed by atoms with Crippen molar-refractivity contribution in [3.63, 3.8) is 0 Å². The summed E-state index contributed by atoms with van der Waals surface area (Å²) in [6.07, 6.45) is 5.03. The van der Waals surface area contributed by atoms with Gasteiger partial charge in [-0.1, -0.05) is 26.0 Å². The fraction of sp³-hybridized carbons (Fsp3) is 0.280. The third-order valence-electron chi connectivity index (χ3n) is 4.91. The zero-order chi connectivity index (χ0) is 22.2. The van der Waals surface area contributed by atoms with E-state index in [9.17, 15) is 10.1 Å². The number of nitrogens with one attached hydrogen (secondary N) is 1. The molecule has 3 aromatic rings. The summed E-state index contributed by atoms with van der Waals surface area (Å²) in [5, 5.41) is 12.1. The van der Waals surface area contributed by atoms with Crippen molar-refractivity contribution in [2.45, 2.75) is 39.8 Å². The van der Waals surface area contributed by atoms with Crippen LogP contribution in [0.3, 0.4) is 0 Å². The molecule has 0 radical (unpaired) electrons. The molecule has 0 bridgehead atoms. The molecule has 0 saturated heterocycles. The van der Waals surface area contributed by atoms with Crippen LogP contribution >= 0.6 is 0 Å². The maximum Gasteiger partial charge on any atom is 0.262 e. The van der Waals surface area contributed by atoms with Crippen LogP contribution in [-0.4, -0.2) is 17.1 Å². The van der Waals surface area contributed by atoms with Crippen molar-refractivity contribution in [1.29, 1.82) is 5.26 Å². The molecular weight excluding hydrogens is 390 g/mol. The number of aryl methyl sites for hydroxylation is 1. The van der Waals surface area contributed by atoms with Crippen molar-refractivity contribution < 1.29 is 13.9 Å². The number of carbonyl (C=O) groups excluding carboxylic acids is 1. The zero-order valence-corrected chi connectivity index (χ0v) is 18.1. The summed E-state index contributed by atoms with van der Waals surface area (Å²) >= 11 is 0. The minimum absolute atomic E-state index is 0.0354. The van der Waals surface area contributed by atoms with Crippen LogP contribution in [0, 0.1) is 18.3 Å². The Balaban J connectivity index is 1.64. The number of rotatable bonds is 9. The molecule has 3 rings (SSSR count). The van der Waals surface area contributed by atoms with Gasteiger partial charge in [0.05, 0.1) is 19.4 Å². The molecule has 0 aliphatic carbocycles. The average molecular weight is 418 g/mol. The van der Waals surface area contributed by atoms with Crippen LogP contribution in [0.4, 0.5) is 0 Å². The minimum Gasteiger partial charge on any atom is -0.491 e. The van der Waals surface area contributed by atoms with Gasteiger partial charge in [-0.25, -0.2) is 0 Å². The van der Waals surface area contributed by atoms with Gasteiger partial charge in [0.1, 0.15) is 29.8 Å². The van der Waals surface area contributed by atoms with E-state index in [-0.39, 0.29) is 12.1 Å². The minimum atomic E-state index is -0.441. The average Bonchev–Trinajstić information content (AvgIpc) is 3.42. The number of nitriles is 1. The van der Waals surface area contributed by atoms with E-state index in [0.29, 0.717) is 24.8 Å². The maximum atomic E-state index is 12.4. The second kappa shape index (κ2) is 10.4. The Bertz CT molecular complexity index is 1090. The van der Waals surface area contributed by atoms with Crippen LogP contribution < -0.4 is 10.1 Å². The third-order valence-corrected chi connectivity index (χ3v) is 4.91. The first kappa shape index (κ1) is 22.0. The van der Waals surface area contributed by atoms with E-state index in [1.807, 2.05) is 35.9 Å². The molecule has 1 N–H and O–H groups in total. The Labute approximate surface area is 182 Å². The van der Waals surface area contributed by atoms with Gasteiger partial charge in [0.2, 0.25) is 0 Å². The van der Waals surface area contributed by atoms with Crippen molar-refractivity contribution in [2.24, 2.45) is 0 Å². The van der Waals surface area contributed by atoms with Gasteiger partial charge in [-0.05, 0) is 60.4 Å². The van der Waals surface area contributed by atoms with Gasteiger partial charge < -0.3 is 19.0 Å². The summed E-state index contributed by atoms with van der Waals surface area (Å²) in [5.74, 6) is 1.46. The SMILES string of the molecule is Cc1ccc(C(C)C)c(OCCn2cccc2/C=C(\C#N)C(=O)NCc2ccco2)c1. The summed E-state index contributed by atoms with van der Waals surface area (Å²) in [6.45, 7) is 7.64. The molecular formula is C25H27N3O3. The highest BCUT2D eigenvalue weighted by Gasteiger charge is 2.12. The number of amides is 1. The van der Waals surface area contributed by atoms with Crippen molar-refractivity contribution in [1.82, 2.24) is 9.88 Å². The Hall–Kier alpha value is -3.72. The fourth-order valence-corrected chi connectivity index (χ4v) is 3.23. The molecule has 6 heteroatoms. The number of carbonyl (C=O) groups is 1. The van der Waals surface area contributed by atoms with Gasteiger partial charge >= 0.3 is 0 Å². The van der Waals surface area contributed by atoms with E-state index in [0.717, 1.165) is 17.0 Å². The summed E-state index contributed by atoms with van der Waals surface area (Å²) in [7, 11) is 0. The number of furan rings is 1. The summed E-state index contributed by atoms with van der Waals surface area (Å²) in [4.78, 5) is 12.4. The van der Waals surface area contributed by atoms with Crippen molar-refractivity contribution >= 4 is 12.0 Å². The normalized spacial score (nSPS) is 11.4. The lowest BCUT2D eigenvalue weighted by Gasteiger charge is -2.15. The van der Waals surface area contributed by atoms with E-state index >= 15 is 0 Å². The number of nitrogens with zero attached hydrogens (tertiary/aromatic N) is 2. The summed E-state index contributed by atoms with van der Waals surface area (Å²) in [6, 6.07) is 15.5. The van der Waals surface area contributed by atoms with Gasteiger partial charge in [0, 0.05) is 11.9 Å². The zero-order valence-electron chi connectivity index (χ0n) is 18.1. The molecule has 1 amide bonds. The monoisotopic (exact) mass is 417 g/mol. The fourth-order valence-electron chi connectivity index (χ4n) is 3.23. The highest BCUT2D eigenvalue weighted by Crippen LogP contribution is 2.27. The molecule has 31 heavy (non-hydrogen) atoms. The lowest BCUT2D eigenvalue weighted by atomic mass is 10.0. The van der Waals surface area contributed by atoms with Crippen LogP contribution in [-0.2, 0) is 17.9 Å². The molecule has 0 atom stereocenters. The Morgan fingerprint density at radius 2 is 2.13 bits per heavy atom. The second-order valence-electron chi connectivity index (χ2n) is 7.60. The van der Waals surface area contributed by atoms with Gasteiger partial charge in [0.25, 0.3) is 5.91 Å². The molecule has 0 spiro atoms. The van der Waals surface area contributed by atoms with Gasteiger partial charge in [-0.3, -0.25) is 4.79 Å². The number of benzene rings is 1. The number of hydrogen-bond donors (Lipinski definition) is 1. The predicted octanol–water partition coefficient (Wildman–Crippen LogP) is 4.82. The van der Waals surface area contributed by atoms with Crippen LogP contribution in [0.1, 0.15) is 42.3 Å². The van der Waals surface area contributed by atoms with Crippen molar-refractivity contribution in [2.75, 3.05) is 6.61 Å². The molecule has 6 nitrogen and oxygen atoms in total. The third kappa shape index (κ3) is 5.89. The Morgan fingerprint density at radius 3 is 2.84 bits per heavy atom. The molecule has 1 aromatic carbocycles. The van der Waals surface area contributed by atoms with E-state index in [1.165, 1.54) is 5.56 Å². The van der Waals surface area contributed by atoms with E-state index in [2.05, 4.69) is 37.4 Å². The standard InChI is InChI=1S/C25H27N3O3/c1-18(2)23-9-8-19(3)14-24(23)31-13-11-28-10-4-6-21(28)15-20(16-26)25(29)27-17-22-7-5-12-30-22/h4-10,12,14-15,18H,11,13,17H2,1-3H3,(H,27,29)/b20-15+. The first-order valence-corrected chi connectivity index (χ1v) is 10.3. The van der Waals surface area contributed by atoms with E-state index < -0.39 is 5.91 Å². The highest BCUT2D eigenvalue weighted by molar-refractivity contribution is 6.01. The molecule has 0 aliphatic rings. The number of aromatic nitrogens is 1. The van der Waals surface area contributed by atoms with Crippen LogP contribution in [0.15, 0.2) is 64.9 Å². The van der Waals surface area contributed by atoms with Crippen LogP contribution in [0.25, 0.3) is 6.08 Å². The molecule has 160 valence electrons. The first-order chi connectivity index (χ1) is 15.0. The van der Waals surface area contributed by atoms with Crippen molar-refractivity contribution in [3.8, 4) is 11.8 Å². The van der Waals surface area contributed by atoms with Crippen LogP contribution in [0.5, 0.6) is 5.75 Å². The van der Waals surface area contributed by atoms with Crippen LogP contribution in [0.2, 0.25) is 0 Å². The topological polar surface area (TPSA) is 80.2 Å². The molecule has 0 saturated carbocycles. The number of ether oxygens (including phenoxy) is 1. The van der Waals surface area contributed by atoms with Gasteiger partial charge in [0.15, 0.2) is 0 Å². The summed E-state index contributed by atoms with van der Waals surface area (Å²) < 4.78 is 13.2. The Kier molecular flexibility index (Phi) is 7.34. The second-order valence-corrected chi connectivity index (χ2v) is 7.60. The molecule has 2 aromatic heterocycles. The van der Waals surface area contributed by atoms with Gasteiger partial charge in [-0.2, -0.15) is 5.26 Å². The van der Waals surface area contributed by atoms with E-state index in [1.54, 1.807) is 24.5 Å².